The highest BCUT2D eigenvalue weighted by molar-refractivity contribution is 5.89. The van der Waals surface area contributed by atoms with Crippen LogP contribution in [0.15, 0.2) is 30.3 Å². The smallest absolute Gasteiger partial charge is 0.338 e. The van der Waals surface area contributed by atoms with Crippen LogP contribution in [0.2, 0.25) is 0 Å². The molecule has 0 unspecified atom stereocenters. The van der Waals surface area contributed by atoms with Gasteiger partial charge in [0.25, 0.3) is 0 Å². The third-order valence-electron chi connectivity index (χ3n) is 4.61. The van der Waals surface area contributed by atoms with Gasteiger partial charge in [0.1, 0.15) is 12.0 Å². The van der Waals surface area contributed by atoms with Crippen molar-refractivity contribution in [3.8, 4) is 0 Å². The second kappa shape index (κ2) is 7.32. The van der Waals surface area contributed by atoms with E-state index in [1.807, 2.05) is 0 Å². The molecule has 5 nitrogen and oxygen atoms in total. The van der Waals surface area contributed by atoms with Gasteiger partial charge in [-0.2, -0.15) is 0 Å². The van der Waals surface area contributed by atoms with Gasteiger partial charge >= 0.3 is 11.9 Å². The van der Waals surface area contributed by atoms with Crippen LogP contribution in [0, 0.1) is 5.92 Å². The Morgan fingerprint density at radius 1 is 1.26 bits per heavy atom. The molecule has 6 heteroatoms. The molecule has 1 aromatic carbocycles. The zero-order valence-electron chi connectivity index (χ0n) is 15.8. The van der Waals surface area contributed by atoms with Crippen LogP contribution in [0.4, 0.5) is 0 Å². The van der Waals surface area contributed by atoms with Crippen LogP contribution < -0.4 is 0 Å². The van der Waals surface area contributed by atoms with E-state index in [2.05, 4.69) is 0 Å². The number of carbonyl (C=O) groups excluding carboxylic acids is 2. The van der Waals surface area contributed by atoms with Gasteiger partial charge in [-0.1, -0.05) is 18.2 Å². The van der Waals surface area contributed by atoms with Crippen molar-refractivity contribution in [2.75, 3.05) is 14.1 Å². The fourth-order valence-corrected chi connectivity index (χ4v) is 3.50. The lowest BCUT2D eigenvalue weighted by Crippen LogP contribution is -2.53. The minimum atomic E-state index is -2.29. The Morgan fingerprint density at radius 2 is 2.00 bits per heavy atom. The first-order chi connectivity index (χ1) is 11.8. The maximum absolute atomic E-state index is 12.4. The minimum Gasteiger partial charge on any atom is -0.469 e. The predicted molar refractivity (Wildman–Crippen MR) is 87.6 cm³/mol. The fraction of sp³-hybridized carbons (Fsp3) is 0.529. The summed E-state index contributed by atoms with van der Waals surface area (Å²) < 4.78 is 33.8. The number of piperidine rings is 1. The Bertz CT molecular complexity index is 655. The van der Waals surface area contributed by atoms with E-state index in [4.69, 9.17) is 13.6 Å². The van der Waals surface area contributed by atoms with Gasteiger partial charge in [-0.05, 0) is 32.0 Å². The van der Waals surface area contributed by atoms with Crippen LogP contribution in [0.3, 0.4) is 0 Å². The topological polar surface area (TPSA) is 55.8 Å². The Balaban J connectivity index is 0.00000243. The van der Waals surface area contributed by atoms with Gasteiger partial charge in [-0.3, -0.25) is 9.69 Å². The lowest BCUT2D eigenvalue weighted by molar-refractivity contribution is -0.156. The summed E-state index contributed by atoms with van der Waals surface area (Å²) in [4.78, 5) is 26.1. The van der Waals surface area contributed by atoms with E-state index < -0.39 is 37.0 Å². The van der Waals surface area contributed by atoms with Gasteiger partial charge in [0.2, 0.25) is 0 Å². The highest BCUT2D eigenvalue weighted by Crippen LogP contribution is 2.40. The van der Waals surface area contributed by atoms with E-state index in [1.54, 1.807) is 30.3 Å². The van der Waals surface area contributed by atoms with Crippen molar-refractivity contribution >= 4 is 24.3 Å². The summed E-state index contributed by atoms with van der Waals surface area (Å²) in [6.45, 7) is -2.29. The SMILES string of the molecule is Cl.[2H]C([2H])([2H])N1[C@H]2CC[C@@H]1[C@@H](C(=O)OC)[C@@H](OC(=O)c1ccccc1)C2. The van der Waals surface area contributed by atoms with Crippen molar-refractivity contribution in [3.63, 3.8) is 0 Å². The Kier molecular flexibility index (Phi) is 4.40. The van der Waals surface area contributed by atoms with Crippen molar-refractivity contribution < 1.29 is 23.2 Å². The molecule has 2 aliphatic heterocycles. The summed E-state index contributed by atoms with van der Waals surface area (Å²) >= 11 is 0. The number of benzene rings is 1. The molecule has 2 saturated heterocycles. The number of hydrogen-bond donors (Lipinski definition) is 0. The maximum atomic E-state index is 12.4. The molecule has 2 aliphatic rings. The van der Waals surface area contributed by atoms with Crippen LogP contribution in [0.5, 0.6) is 0 Å². The number of ether oxygens (including phenoxy) is 2. The van der Waals surface area contributed by atoms with E-state index in [0.717, 1.165) is 0 Å². The summed E-state index contributed by atoms with van der Waals surface area (Å²) in [5.41, 5.74) is 0.400. The second-order valence-electron chi connectivity index (χ2n) is 5.80. The largest absolute Gasteiger partial charge is 0.469 e. The Labute approximate surface area is 146 Å². The Hall–Kier alpha value is -1.59. The molecule has 0 radical (unpaired) electrons. The van der Waals surface area contributed by atoms with E-state index in [0.29, 0.717) is 24.8 Å². The molecule has 0 N–H and O–H groups in total. The molecule has 0 amide bonds. The van der Waals surface area contributed by atoms with Crippen LogP contribution >= 0.6 is 12.4 Å². The zero-order valence-corrected chi connectivity index (χ0v) is 13.6. The van der Waals surface area contributed by atoms with Crippen molar-refractivity contribution in [2.24, 2.45) is 5.92 Å². The Morgan fingerprint density at radius 3 is 2.65 bits per heavy atom. The number of esters is 2. The first-order valence-corrected chi connectivity index (χ1v) is 7.45. The molecule has 4 atom stereocenters. The van der Waals surface area contributed by atoms with Gasteiger partial charge in [-0.25, -0.2) is 4.79 Å². The van der Waals surface area contributed by atoms with E-state index in [9.17, 15) is 9.59 Å². The summed E-state index contributed by atoms with van der Waals surface area (Å²) in [7, 11) is 1.26. The maximum Gasteiger partial charge on any atom is 0.338 e. The van der Waals surface area contributed by atoms with Crippen molar-refractivity contribution in [1.29, 1.82) is 0 Å². The van der Waals surface area contributed by atoms with E-state index in [-0.39, 0.29) is 18.4 Å². The van der Waals surface area contributed by atoms with Gasteiger partial charge in [-0.15, -0.1) is 12.4 Å². The summed E-state index contributed by atoms with van der Waals surface area (Å²) in [5, 5.41) is 0. The van der Waals surface area contributed by atoms with Crippen LogP contribution in [0.1, 0.15) is 33.7 Å². The monoisotopic (exact) mass is 342 g/mol. The minimum absolute atomic E-state index is 0. The number of halogens is 1. The molecule has 0 saturated carbocycles. The standard InChI is InChI=1S/C17H21NO4.ClH/c1-18-12-8-9-13(18)15(17(20)21-2)14(10-12)22-16(19)11-6-4-3-5-7-11;/h3-7,12-15H,8-10H2,1-2H3;1H/t12-,13+,14-,15+;/m0./s1/i1D3;. The van der Waals surface area contributed by atoms with Crippen molar-refractivity contribution in [3.05, 3.63) is 35.9 Å². The highest BCUT2D eigenvalue weighted by Gasteiger charge is 2.50. The average Bonchev–Trinajstić information content (AvgIpc) is 2.91. The molecular weight excluding hydrogens is 318 g/mol. The van der Waals surface area contributed by atoms with Crippen molar-refractivity contribution in [1.82, 2.24) is 4.90 Å². The molecule has 0 aromatic heterocycles. The van der Waals surface area contributed by atoms with Crippen LogP contribution in [-0.2, 0) is 14.3 Å². The van der Waals surface area contributed by atoms with Gasteiger partial charge in [0.15, 0.2) is 0 Å². The molecule has 23 heavy (non-hydrogen) atoms. The normalized spacial score (nSPS) is 32.0. The number of nitrogens with zero attached hydrogens (tertiary/aromatic N) is 1. The molecule has 2 heterocycles. The third-order valence-corrected chi connectivity index (χ3v) is 4.61. The number of fused-ring (bicyclic) bond motifs is 2. The molecule has 1 aromatic rings. The number of hydrogen-bond acceptors (Lipinski definition) is 5. The van der Waals surface area contributed by atoms with E-state index in [1.165, 1.54) is 12.0 Å². The molecule has 3 rings (SSSR count). The van der Waals surface area contributed by atoms with Crippen LogP contribution in [0.25, 0.3) is 0 Å². The summed E-state index contributed by atoms with van der Waals surface area (Å²) in [5.74, 6) is -1.84. The number of carbonyl (C=O) groups is 2. The first kappa shape index (κ1) is 13.8. The van der Waals surface area contributed by atoms with Gasteiger partial charge in [0, 0.05) is 22.6 Å². The molecule has 126 valence electrons. The average molecular weight is 343 g/mol. The van der Waals surface area contributed by atoms with Crippen LogP contribution in [-0.4, -0.2) is 49.1 Å². The zero-order chi connectivity index (χ0) is 18.2. The van der Waals surface area contributed by atoms with Gasteiger partial charge < -0.3 is 9.47 Å². The first-order valence-electron chi connectivity index (χ1n) is 8.95. The molecule has 2 bridgehead atoms. The fourth-order valence-electron chi connectivity index (χ4n) is 3.50. The van der Waals surface area contributed by atoms with Crippen molar-refractivity contribution in [2.45, 2.75) is 37.5 Å². The predicted octanol–water partition coefficient (Wildman–Crippen LogP) is 2.29. The lowest BCUT2D eigenvalue weighted by Gasteiger charge is -2.40. The van der Waals surface area contributed by atoms with E-state index >= 15 is 0 Å². The quantitative estimate of drug-likeness (QED) is 0.789. The summed E-state index contributed by atoms with van der Waals surface area (Å²) in [6.07, 6.45) is 0.863. The number of rotatable bonds is 3. The lowest BCUT2D eigenvalue weighted by atomic mass is 9.87. The highest BCUT2D eigenvalue weighted by atomic mass is 35.5. The third kappa shape index (κ3) is 3.35. The summed E-state index contributed by atoms with van der Waals surface area (Å²) in [6, 6.07) is 7.80. The molecule has 2 fully saturated rings. The second-order valence-corrected chi connectivity index (χ2v) is 5.80. The number of methoxy groups -OCH3 is 1. The molecular formula is C17H22ClNO4. The molecule has 0 aliphatic carbocycles. The molecule has 0 spiro atoms. The van der Waals surface area contributed by atoms with Gasteiger partial charge in [0.05, 0.1) is 12.7 Å².